The molecule has 2 rings (SSSR count). The SMILES string of the molecule is Cc1ccc(C(CCN(C)C)NC(=O)Cc2ccccc2)cc1.Cl. The molecule has 1 unspecified atom stereocenters. The summed E-state index contributed by atoms with van der Waals surface area (Å²) < 4.78 is 0. The summed E-state index contributed by atoms with van der Waals surface area (Å²) in [6, 6.07) is 18.3. The first-order valence-electron chi connectivity index (χ1n) is 8.09. The molecule has 1 atom stereocenters. The van der Waals surface area contributed by atoms with Crippen LogP contribution in [0.15, 0.2) is 54.6 Å². The van der Waals surface area contributed by atoms with E-state index >= 15 is 0 Å². The molecule has 130 valence electrons. The van der Waals surface area contributed by atoms with Gasteiger partial charge in [0.25, 0.3) is 0 Å². The van der Waals surface area contributed by atoms with Gasteiger partial charge in [-0.2, -0.15) is 0 Å². The molecule has 0 aliphatic rings. The van der Waals surface area contributed by atoms with E-state index in [1.807, 2.05) is 30.3 Å². The van der Waals surface area contributed by atoms with Crippen LogP contribution in [0.4, 0.5) is 0 Å². The van der Waals surface area contributed by atoms with Crippen molar-refractivity contribution in [2.45, 2.75) is 25.8 Å². The van der Waals surface area contributed by atoms with Gasteiger partial charge in [-0.25, -0.2) is 0 Å². The number of amides is 1. The summed E-state index contributed by atoms with van der Waals surface area (Å²) in [5.41, 5.74) is 3.44. The summed E-state index contributed by atoms with van der Waals surface area (Å²) in [6.45, 7) is 3.01. The Morgan fingerprint density at radius 3 is 2.25 bits per heavy atom. The average Bonchev–Trinajstić information content (AvgIpc) is 2.53. The quantitative estimate of drug-likeness (QED) is 0.827. The van der Waals surface area contributed by atoms with Gasteiger partial charge in [-0.1, -0.05) is 60.2 Å². The topological polar surface area (TPSA) is 32.3 Å². The highest BCUT2D eigenvalue weighted by Crippen LogP contribution is 2.18. The summed E-state index contributed by atoms with van der Waals surface area (Å²) in [4.78, 5) is 14.5. The fourth-order valence-corrected chi connectivity index (χ4v) is 2.53. The number of hydrogen-bond acceptors (Lipinski definition) is 2. The van der Waals surface area contributed by atoms with Crippen molar-refractivity contribution in [1.82, 2.24) is 10.2 Å². The van der Waals surface area contributed by atoms with Crippen LogP contribution in [0.3, 0.4) is 0 Å². The molecule has 0 saturated heterocycles. The number of carbonyl (C=O) groups is 1. The Morgan fingerprint density at radius 2 is 1.67 bits per heavy atom. The van der Waals surface area contributed by atoms with Crippen molar-refractivity contribution < 1.29 is 4.79 Å². The summed E-state index contributed by atoms with van der Waals surface area (Å²) in [5.74, 6) is 0.0699. The van der Waals surface area contributed by atoms with Gasteiger partial charge in [0.2, 0.25) is 5.91 Å². The minimum Gasteiger partial charge on any atom is -0.349 e. The molecule has 1 N–H and O–H groups in total. The molecule has 2 aromatic rings. The second-order valence-corrected chi connectivity index (χ2v) is 6.29. The molecule has 0 fully saturated rings. The van der Waals surface area contributed by atoms with E-state index in [0.717, 1.165) is 18.5 Å². The number of aryl methyl sites for hydroxylation is 1. The zero-order valence-corrected chi connectivity index (χ0v) is 15.5. The molecule has 0 heterocycles. The minimum absolute atomic E-state index is 0. The van der Waals surface area contributed by atoms with Crippen LogP contribution >= 0.6 is 12.4 Å². The molecule has 0 radical (unpaired) electrons. The third-order valence-electron chi connectivity index (χ3n) is 3.89. The van der Waals surface area contributed by atoms with Gasteiger partial charge in [-0.15, -0.1) is 12.4 Å². The number of benzene rings is 2. The van der Waals surface area contributed by atoms with Crippen molar-refractivity contribution in [2.24, 2.45) is 0 Å². The monoisotopic (exact) mass is 346 g/mol. The lowest BCUT2D eigenvalue weighted by Gasteiger charge is -2.21. The van der Waals surface area contributed by atoms with Crippen molar-refractivity contribution >= 4 is 18.3 Å². The fourth-order valence-electron chi connectivity index (χ4n) is 2.53. The van der Waals surface area contributed by atoms with Gasteiger partial charge in [-0.3, -0.25) is 4.79 Å². The molecule has 1 amide bonds. The van der Waals surface area contributed by atoms with Crippen LogP contribution in [0.2, 0.25) is 0 Å². The zero-order valence-electron chi connectivity index (χ0n) is 14.7. The molecular weight excluding hydrogens is 320 g/mol. The normalized spacial score (nSPS) is 11.7. The van der Waals surface area contributed by atoms with Gasteiger partial charge >= 0.3 is 0 Å². The van der Waals surface area contributed by atoms with Crippen molar-refractivity contribution in [1.29, 1.82) is 0 Å². The first-order valence-corrected chi connectivity index (χ1v) is 8.09. The predicted octanol–water partition coefficient (Wildman–Crippen LogP) is 3.77. The van der Waals surface area contributed by atoms with E-state index in [-0.39, 0.29) is 24.4 Å². The highest BCUT2D eigenvalue weighted by atomic mass is 35.5. The lowest BCUT2D eigenvalue weighted by molar-refractivity contribution is -0.121. The van der Waals surface area contributed by atoms with Crippen LogP contribution in [0.5, 0.6) is 0 Å². The number of hydrogen-bond donors (Lipinski definition) is 1. The molecule has 3 nitrogen and oxygen atoms in total. The van der Waals surface area contributed by atoms with E-state index in [9.17, 15) is 4.79 Å². The standard InChI is InChI=1S/C20H26N2O.ClH/c1-16-9-11-18(12-10-16)19(13-14-22(2)3)21-20(23)15-17-7-5-4-6-8-17;/h4-12,19H,13-15H2,1-3H3,(H,21,23);1H. The van der Waals surface area contributed by atoms with Gasteiger partial charge < -0.3 is 10.2 Å². The largest absolute Gasteiger partial charge is 0.349 e. The van der Waals surface area contributed by atoms with Crippen molar-refractivity contribution in [3.8, 4) is 0 Å². The first kappa shape index (κ1) is 20.2. The molecular formula is C20H27ClN2O. The Kier molecular flexibility index (Phi) is 8.51. The Bertz CT molecular complexity index is 611. The lowest BCUT2D eigenvalue weighted by Crippen LogP contribution is -2.32. The van der Waals surface area contributed by atoms with Crippen LogP contribution in [-0.2, 0) is 11.2 Å². The highest BCUT2D eigenvalue weighted by molar-refractivity contribution is 5.85. The molecule has 0 aliphatic carbocycles. The maximum atomic E-state index is 12.4. The smallest absolute Gasteiger partial charge is 0.224 e. The minimum atomic E-state index is 0. The van der Waals surface area contributed by atoms with Crippen molar-refractivity contribution in [2.75, 3.05) is 20.6 Å². The molecule has 4 heteroatoms. The zero-order chi connectivity index (χ0) is 16.7. The van der Waals surface area contributed by atoms with Crippen LogP contribution in [-0.4, -0.2) is 31.4 Å². The average molecular weight is 347 g/mol. The third kappa shape index (κ3) is 6.73. The summed E-state index contributed by atoms with van der Waals surface area (Å²) in [5, 5.41) is 3.19. The Labute approximate surface area is 151 Å². The number of rotatable bonds is 7. The van der Waals surface area contributed by atoms with Crippen LogP contribution in [0, 0.1) is 6.92 Å². The van der Waals surface area contributed by atoms with Crippen molar-refractivity contribution in [3.05, 3.63) is 71.3 Å². The van der Waals surface area contributed by atoms with Crippen molar-refractivity contribution in [3.63, 3.8) is 0 Å². The Morgan fingerprint density at radius 1 is 1.04 bits per heavy atom. The number of nitrogens with zero attached hydrogens (tertiary/aromatic N) is 1. The number of carbonyl (C=O) groups excluding carboxylic acids is 1. The summed E-state index contributed by atoms with van der Waals surface area (Å²) in [6.07, 6.45) is 1.32. The van der Waals surface area contributed by atoms with E-state index in [1.165, 1.54) is 11.1 Å². The van der Waals surface area contributed by atoms with Gasteiger partial charge in [0, 0.05) is 0 Å². The second-order valence-electron chi connectivity index (χ2n) is 6.29. The van der Waals surface area contributed by atoms with Gasteiger partial charge in [0.1, 0.15) is 0 Å². The van der Waals surface area contributed by atoms with Crippen LogP contribution in [0.1, 0.15) is 29.2 Å². The van der Waals surface area contributed by atoms with E-state index < -0.39 is 0 Å². The summed E-state index contributed by atoms with van der Waals surface area (Å²) >= 11 is 0. The van der Waals surface area contributed by atoms with Crippen LogP contribution < -0.4 is 5.32 Å². The van der Waals surface area contributed by atoms with Gasteiger partial charge in [0.15, 0.2) is 0 Å². The predicted molar refractivity (Wildman–Crippen MR) is 103 cm³/mol. The third-order valence-corrected chi connectivity index (χ3v) is 3.89. The molecule has 0 aliphatic heterocycles. The van der Waals surface area contributed by atoms with Gasteiger partial charge in [0.05, 0.1) is 12.5 Å². The lowest BCUT2D eigenvalue weighted by atomic mass is 10.0. The molecule has 2 aromatic carbocycles. The first-order chi connectivity index (χ1) is 11.0. The van der Waals surface area contributed by atoms with E-state index in [4.69, 9.17) is 0 Å². The summed E-state index contributed by atoms with van der Waals surface area (Å²) in [7, 11) is 4.11. The Balaban J connectivity index is 0.00000288. The maximum absolute atomic E-state index is 12.4. The molecule has 0 spiro atoms. The Hall–Kier alpha value is -1.84. The van der Waals surface area contributed by atoms with Crippen LogP contribution in [0.25, 0.3) is 0 Å². The molecule has 0 aromatic heterocycles. The maximum Gasteiger partial charge on any atom is 0.224 e. The number of halogens is 1. The molecule has 0 bridgehead atoms. The number of nitrogens with one attached hydrogen (secondary N) is 1. The fraction of sp³-hybridized carbons (Fsp3) is 0.350. The second kappa shape index (κ2) is 10.1. The molecule has 24 heavy (non-hydrogen) atoms. The van der Waals surface area contributed by atoms with E-state index in [1.54, 1.807) is 0 Å². The van der Waals surface area contributed by atoms with E-state index in [2.05, 4.69) is 55.5 Å². The molecule has 0 saturated carbocycles. The van der Waals surface area contributed by atoms with E-state index in [0.29, 0.717) is 6.42 Å². The highest BCUT2D eigenvalue weighted by Gasteiger charge is 2.15. The van der Waals surface area contributed by atoms with Gasteiger partial charge in [-0.05, 0) is 45.1 Å².